The molecule has 1 amide bonds. The lowest BCUT2D eigenvalue weighted by molar-refractivity contribution is 0.102. The maximum absolute atomic E-state index is 12.2. The summed E-state index contributed by atoms with van der Waals surface area (Å²) in [5, 5.41) is 3.57. The van der Waals surface area contributed by atoms with E-state index in [1.54, 1.807) is 24.4 Å². The summed E-state index contributed by atoms with van der Waals surface area (Å²) in [7, 11) is 2.01. The number of carbonyl (C=O) groups is 1. The van der Waals surface area contributed by atoms with Crippen molar-refractivity contribution in [3.8, 4) is 0 Å². The van der Waals surface area contributed by atoms with E-state index in [9.17, 15) is 4.79 Å². The van der Waals surface area contributed by atoms with Gasteiger partial charge < -0.3 is 10.2 Å². The first-order valence-corrected chi connectivity index (χ1v) is 8.20. The fraction of sp³-hybridized carbons (Fsp3) is 0.294. The number of aromatic nitrogens is 1. The van der Waals surface area contributed by atoms with Gasteiger partial charge in [-0.25, -0.2) is 4.98 Å². The highest BCUT2D eigenvalue weighted by molar-refractivity contribution is 6.42. The molecule has 0 bridgehead atoms. The van der Waals surface area contributed by atoms with Crippen LogP contribution in [0.15, 0.2) is 36.5 Å². The summed E-state index contributed by atoms with van der Waals surface area (Å²) in [4.78, 5) is 18.7. The molecule has 6 heteroatoms. The Hall–Kier alpha value is -1.78. The molecule has 0 unspecified atom stereocenters. The number of anilines is 2. The van der Waals surface area contributed by atoms with Crippen molar-refractivity contribution in [2.24, 2.45) is 0 Å². The Kier molecular flexibility index (Phi) is 6.25. The molecule has 23 heavy (non-hydrogen) atoms. The molecule has 0 fully saturated rings. The average molecular weight is 352 g/mol. The van der Waals surface area contributed by atoms with E-state index in [0.29, 0.717) is 21.3 Å². The topological polar surface area (TPSA) is 45.2 Å². The van der Waals surface area contributed by atoms with Crippen molar-refractivity contribution in [2.75, 3.05) is 23.8 Å². The number of benzene rings is 1. The van der Waals surface area contributed by atoms with E-state index in [1.165, 1.54) is 0 Å². The normalized spacial score (nSPS) is 10.4. The number of unbranched alkanes of at least 4 members (excludes halogenated alkanes) is 1. The van der Waals surface area contributed by atoms with Gasteiger partial charge in [-0.1, -0.05) is 36.5 Å². The molecular formula is C17H19Cl2N3O. The van der Waals surface area contributed by atoms with Crippen molar-refractivity contribution < 1.29 is 4.79 Å². The molecule has 4 nitrogen and oxygen atoms in total. The van der Waals surface area contributed by atoms with E-state index >= 15 is 0 Å². The molecule has 0 atom stereocenters. The molecule has 2 rings (SSSR count). The van der Waals surface area contributed by atoms with Crippen molar-refractivity contribution in [1.29, 1.82) is 0 Å². The molecule has 1 aromatic heterocycles. The van der Waals surface area contributed by atoms with Gasteiger partial charge in [0.05, 0.1) is 21.9 Å². The minimum Gasteiger partial charge on any atom is -0.360 e. The van der Waals surface area contributed by atoms with E-state index < -0.39 is 0 Å². The Morgan fingerprint density at radius 3 is 2.61 bits per heavy atom. The van der Waals surface area contributed by atoms with Crippen LogP contribution < -0.4 is 10.2 Å². The zero-order chi connectivity index (χ0) is 16.8. The van der Waals surface area contributed by atoms with Crippen LogP contribution in [0.5, 0.6) is 0 Å². The number of pyridine rings is 1. The molecular weight excluding hydrogens is 333 g/mol. The Morgan fingerprint density at radius 2 is 2.00 bits per heavy atom. The first kappa shape index (κ1) is 17.6. The van der Waals surface area contributed by atoms with Crippen molar-refractivity contribution in [3.63, 3.8) is 0 Å². The maximum atomic E-state index is 12.2. The Balaban J connectivity index is 2.02. The van der Waals surface area contributed by atoms with Gasteiger partial charge in [-0.2, -0.15) is 0 Å². The summed E-state index contributed by atoms with van der Waals surface area (Å²) in [6.07, 6.45) is 3.91. The molecule has 0 aliphatic heterocycles. The highest BCUT2D eigenvalue weighted by atomic mass is 35.5. The van der Waals surface area contributed by atoms with Crippen LogP contribution in [0.25, 0.3) is 0 Å². The Bertz CT molecular complexity index is 674. The summed E-state index contributed by atoms with van der Waals surface area (Å²) < 4.78 is 0. The number of amides is 1. The number of halogens is 2. The van der Waals surface area contributed by atoms with Crippen LogP contribution in [0.1, 0.15) is 30.1 Å². The monoisotopic (exact) mass is 351 g/mol. The maximum Gasteiger partial charge on any atom is 0.255 e. The van der Waals surface area contributed by atoms with E-state index in [1.807, 2.05) is 19.2 Å². The van der Waals surface area contributed by atoms with Crippen molar-refractivity contribution in [2.45, 2.75) is 19.8 Å². The number of rotatable bonds is 6. The summed E-state index contributed by atoms with van der Waals surface area (Å²) in [5.41, 5.74) is 1.08. The van der Waals surface area contributed by atoms with Gasteiger partial charge in [0.25, 0.3) is 5.91 Å². The molecule has 1 aromatic carbocycles. The molecule has 0 saturated heterocycles. The summed E-state index contributed by atoms with van der Waals surface area (Å²) in [6, 6.07) is 8.49. The third kappa shape index (κ3) is 4.85. The minimum atomic E-state index is -0.252. The van der Waals surface area contributed by atoms with Crippen LogP contribution in [0.2, 0.25) is 10.0 Å². The SMILES string of the molecule is CCCCN(C)c1ccc(NC(=O)c2ccc(Cl)c(Cl)c2)cn1. The third-order valence-corrected chi connectivity index (χ3v) is 4.16. The molecule has 122 valence electrons. The molecule has 0 radical (unpaired) electrons. The van der Waals surface area contributed by atoms with Gasteiger partial charge in [0, 0.05) is 19.2 Å². The second kappa shape index (κ2) is 8.18. The number of carbonyl (C=O) groups excluding carboxylic acids is 1. The molecule has 0 aliphatic carbocycles. The molecule has 0 saturated carbocycles. The largest absolute Gasteiger partial charge is 0.360 e. The van der Waals surface area contributed by atoms with Crippen molar-refractivity contribution in [1.82, 2.24) is 4.98 Å². The lowest BCUT2D eigenvalue weighted by Gasteiger charge is -2.17. The van der Waals surface area contributed by atoms with Crippen LogP contribution in [0.4, 0.5) is 11.5 Å². The highest BCUT2D eigenvalue weighted by Crippen LogP contribution is 2.23. The van der Waals surface area contributed by atoms with Gasteiger partial charge in [0.1, 0.15) is 5.82 Å². The minimum absolute atomic E-state index is 0.252. The first-order chi connectivity index (χ1) is 11.0. The van der Waals surface area contributed by atoms with Crippen molar-refractivity contribution >= 4 is 40.6 Å². The molecule has 0 spiro atoms. The predicted molar refractivity (Wildman–Crippen MR) is 96.8 cm³/mol. The van der Waals surface area contributed by atoms with Crippen LogP contribution in [-0.2, 0) is 0 Å². The number of nitrogens with one attached hydrogen (secondary N) is 1. The van der Waals surface area contributed by atoms with Crippen molar-refractivity contribution in [3.05, 3.63) is 52.1 Å². The van der Waals surface area contributed by atoms with Gasteiger partial charge in [-0.05, 0) is 36.8 Å². The second-order valence-corrected chi connectivity index (χ2v) is 6.08. The molecule has 2 aromatic rings. The standard InChI is InChI=1S/C17H19Cl2N3O/c1-3-4-9-22(2)16-8-6-13(11-20-16)21-17(23)12-5-7-14(18)15(19)10-12/h5-8,10-11H,3-4,9H2,1-2H3,(H,21,23). The van der Waals surface area contributed by atoms with E-state index in [0.717, 1.165) is 25.2 Å². The zero-order valence-electron chi connectivity index (χ0n) is 13.1. The van der Waals surface area contributed by atoms with E-state index in [2.05, 4.69) is 22.1 Å². The predicted octanol–water partition coefficient (Wildman–Crippen LogP) is 4.88. The number of hydrogen-bond acceptors (Lipinski definition) is 3. The fourth-order valence-corrected chi connectivity index (χ4v) is 2.33. The highest BCUT2D eigenvalue weighted by Gasteiger charge is 2.09. The van der Waals surface area contributed by atoms with Gasteiger partial charge in [-0.3, -0.25) is 4.79 Å². The number of hydrogen-bond donors (Lipinski definition) is 1. The zero-order valence-corrected chi connectivity index (χ0v) is 14.7. The lowest BCUT2D eigenvalue weighted by atomic mass is 10.2. The molecule has 1 heterocycles. The summed E-state index contributed by atoms with van der Waals surface area (Å²) in [6.45, 7) is 3.11. The lowest BCUT2D eigenvalue weighted by Crippen LogP contribution is -2.19. The smallest absolute Gasteiger partial charge is 0.255 e. The second-order valence-electron chi connectivity index (χ2n) is 5.26. The summed E-state index contributed by atoms with van der Waals surface area (Å²) >= 11 is 11.8. The Morgan fingerprint density at radius 1 is 1.22 bits per heavy atom. The van der Waals surface area contributed by atoms with E-state index in [4.69, 9.17) is 23.2 Å². The van der Waals surface area contributed by atoms with Crippen LogP contribution in [-0.4, -0.2) is 24.5 Å². The van der Waals surface area contributed by atoms with Crippen LogP contribution in [0, 0.1) is 0 Å². The Labute approximate surface area is 146 Å². The molecule has 0 aliphatic rings. The quantitative estimate of drug-likeness (QED) is 0.806. The molecule has 1 N–H and O–H groups in total. The van der Waals surface area contributed by atoms with Gasteiger partial charge in [0.15, 0.2) is 0 Å². The van der Waals surface area contributed by atoms with Crippen LogP contribution >= 0.6 is 23.2 Å². The van der Waals surface area contributed by atoms with Gasteiger partial charge in [0.2, 0.25) is 0 Å². The fourth-order valence-electron chi connectivity index (χ4n) is 2.04. The summed E-state index contributed by atoms with van der Waals surface area (Å²) in [5.74, 6) is 0.628. The van der Waals surface area contributed by atoms with Gasteiger partial charge >= 0.3 is 0 Å². The van der Waals surface area contributed by atoms with E-state index in [-0.39, 0.29) is 5.91 Å². The third-order valence-electron chi connectivity index (χ3n) is 3.43. The van der Waals surface area contributed by atoms with Crippen LogP contribution in [0.3, 0.4) is 0 Å². The van der Waals surface area contributed by atoms with Gasteiger partial charge in [-0.15, -0.1) is 0 Å². The number of nitrogens with zero attached hydrogens (tertiary/aromatic N) is 2. The first-order valence-electron chi connectivity index (χ1n) is 7.45. The average Bonchev–Trinajstić information content (AvgIpc) is 2.55.